The maximum absolute atomic E-state index is 12.2. The molecule has 122 valence electrons. The number of hydrogen-bond donors (Lipinski definition) is 3. The number of nitrogen functional groups attached to an aromatic ring is 1. The Labute approximate surface area is 135 Å². The van der Waals surface area contributed by atoms with Crippen molar-refractivity contribution < 1.29 is 14.7 Å². The maximum Gasteiger partial charge on any atom is 0.326 e. The van der Waals surface area contributed by atoms with Gasteiger partial charge in [-0.25, -0.2) is 9.59 Å². The molecule has 1 aromatic rings. The minimum atomic E-state index is -1.01. The summed E-state index contributed by atoms with van der Waals surface area (Å²) in [5.74, 6) is -0.327. The minimum absolute atomic E-state index is 0.368. The van der Waals surface area contributed by atoms with Crippen molar-refractivity contribution in [3.8, 4) is 0 Å². The highest BCUT2D eigenvalue weighted by Crippen LogP contribution is 2.09. The smallest absolute Gasteiger partial charge is 0.326 e. The predicted molar refractivity (Wildman–Crippen MR) is 89.9 cm³/mol. The van der Waals surface area contributed by atoms with Gasteiger partial charge in [0.2, 0.25) is 0 Å². The number of carboxylic acids is 1. The molecule has 0 aliphatic carbocycles. The van der Waals surface area contributed by atoms with Gasteiger partial charge in [0.05, 0.1) is 0 Å². The number of aliphatic carboxylic acids is 1. The summed E-state index contributed by atoms with van der Waals surface area (Å²) in [6.45, 7) is 2.76. The zero-order chi connectivity index (χ0) is 16.5. The molecule has 2 amide bonds. The van der Waals surface area contributed by atoms with Crippen LogP contribution in [0.2, 0.25) is 0 Å². The third-order valence-electron chi connectivity index (χ3n) is 3.23. The van der Waals surface area contributed by atoms with Crippen molar-refractivity contribution in [3.05, 3.63) is 29.8 Å². The van der Waals surface area contributed by atoms with Gasteiger partial charge in [-0.1, -0.05) is 12.1 Å². The molecule has 1 rings (SSSR count). The normalized spacial score (nSPS) is 11.7. The van der Waals surface area contributed by atoms with Gasteiger partial charge in [0.25, 0.3) is 0 Å². The number of amides is 2. The van der Waals surface area contributed by atoms with E-state index in [-0.39, 0.29) is 6.03 Å². The van der Waals surface area contributed by atoms with Gasteiger partial charge in [-0.3, -0.25) is 0 Å². The Hall–Kier alpha value is -1.89. The topological polar surface area (TPSA) is 95.7 Å². The van der Waals surface area contributed by atoms with Crippen molar-refractivity contribution >= 4 is 29.4 Å². The standard InChI is InChI=1S/C15H23N3O3S/c1-3-18(10-11-4-6-12(16)7-5-11)15(21)17-13(14(19)20)8-9-22-2/h4-7,13H,3,8-10,16H2,1-2H3,(H,17,21)(H,19,20)/t13-/m0/s1. The highest BCUT2D eigenvalue weighted by atomic mass is 32.2. The number of carbonyl (C=O) groups is 2. The Bertz CT molecular complexity index is 493. The zero-order valence-electron chi connectivity index (χ0n) is 12.9. The maximum atomic E-state index is 12.2. The molecule has 6 nitrogen and oxygen atoms in total. The molecular weight excluding hydrogens is 302 g/mol. The molecule has 0 fully saturated rings. The summed E-state index contributed by atoms with van der Waals surface area (Å²) < 4.78 is 0. The molecule has 0 aromatic heterocycles. The summed E-state index contributed by atoms with van der Waals surface area (Å²) in [5.41, 5.74) is 7.25. The van der Waals surface area contributed by atoms with Crippen LogP contribution in [0, 0.1) is 0 Å². The molecule has 7 heteroatoms. The molecule has 0 bridgehead atoms. The van der Waals surface area contributed by atoms with Crippen molar-refractivity contribution in [3.63, 3.8) is 0 Å². The number of nitrogens with zero attached hydrogens (tertiary/aromatic N) is 1. The van der Waals surface area contributed by atoms with Crippen LogP contribution in [0.15, 0.2) is 24.3 Å². The number of anilines is 1. The van der Waals surface area contributed by atoms with Gasteiger partial charge in [-0.05, 0) is 43.0 Å². The summed E-state index contributed by atoms with van der Waals surface area (Å²) in [7, 11) is 0. The van der Waals surface area contributed by atoms with E-state index < -0.39 is 12.0 Å². The number of rotatable bonds is 8. The van der Waals surface area contributed by atoms with Gasteiger partial charge >= 0.3 is 12.0 Å². The quantitative estimate of drug-likeness (QED) is 0.635. The van der Waals surface area contributed by atoms with Crippen LogP contribution in [0.5, 0.6) is 0 Å². The molecule has 1 aromatic carbocycles. The van der Waals surface area contributed by atoms with Crippen molar-refractivity contribution in [2.24, 2.45) is 0 Å². The third-order valence-corrected chi connectivity index (χ3v) is 3.87. The number of benzene rings is 1. The van der Waals surface area contributed by atoms with E-state index >= 15 is 0 Å². The number of nitrogens with two attached hydrogens (primary N) is 1. The SMILES string of the molecule is CCN(Cc1ccc(N)cc1)C(=O)N[C@@H](CCSC)C(=O)O. The van der Waals surface area contributed by atoms with Gasteiger partial charge in [0, 0.05) is 18.8 Å². The molecule has 0 saturated heterocycles. The van der Waals surface area contributed by atoms with E-state index in [1.165, 1.54) is 0 Å². The number of urea groups is 1. The first-order chi connectivity index (χ1) is 10.5. The van der Waals surface area contributed by atoms with E-state index in [4.69, 9.17) is 10.8 Å². The molecule has 0 saturated carbocycles. The lowest BCUT2D eigenvalue weighted by atomic mass is 10.2. The average Bonchev–Trinajstić information content (AvgIpc) is 2.50. The summed E-state index contributed by atoms with van der Waals surface area (Å²) >= 11 is 1.55. The van der Waals surface area contributed by atoms with E-state index in [9.17, 15) is 9.59 Å². The van der Waals surface area contributed by atoms with Gasteiger partial charge in [0.15, 0.2) is 0 Å². The zero-order valence-corrected chi connectivity index (χ0v) is 13.7. The van der Waals surface area contributed by atoms with Crippen LogP contribution in [0.1, 0.15) is 18.9 Å². The van der Waals surface area contributed by atoms with Crippen LogP contribution < -0.4 is 11.1 Å². The Balaban J connectivity index is 2.66. The molecule has 22 heavy (non-hydrogen) atoms. The Morgan fingerprint density at radius 3 is 2.50 bits per heavy atom. The monoisotopic (exact) mass is 325 g/mol. The van der Waals surface area contributed by atoms with E-state index in [2.05, 4.69) is 5.32 Å². The second-order valence-corrected chi connectivity index (χ2v) is 5.86. The molecule has 1 atom stereocenters. The fraction of sp³-hybridized carbons (Fsp3) is 0.467. The Morgan fingerprint density at radius 2 is 2.00 bits per heavy atom. The lowest BCUT2D eigenvalue weighted by Crippen LogP contribution is -2.47. The summed E-state index contributed by atoms with van der Waals surface area (Å²) in [5, 5.41) is 11.8. The molecule has 0 aliphatic rings. The molecule has 0 unspecified atom stereocenters. The van der Waals surface area contributed by atoms with Crippen LogP contribution in [0.25, 0.3) is 0 Å². The molecule has 0 radical (unpaired) electrons. The summed E-state index contributed by atoms with van der Waals surface area (Å²) in [6, 6.07) is 6.04. The molecular formula is C15H23N3O3S. The first-order valence-corrected chi connectivity index (χ1v) is 8.48. The molecule has 4 N–H and O–H groups in total. The van der Waals surface area contributed by atoms with E-state index in [1.807, 2.05) is 25.3 Å². The van der Waals surface area contributed by atoms with E-state index in [1.54, 1.807) is 28.8 Å². The third kappa shape index (κ3) is 5.85. The summed E-state index contributed by atoms with van der Waals surface area (Å²) in [4.78, 5) is 25.0. The van der Waals surface area contributed by atoms with Gasteiger partial charge in [-0.15, -0.1) is 0 Å². The highest BCUT2D eigenvalue weighted by Gasteiger charge is 2.22. The second kappa shape index (κ2) is 9.19. The van der Waals surface area contributed by atoms with Crippen molar-refractivity contribution in [2.45, 2.75) is 25.9 Å². The number of thioether (sulfide) groups is 1. The fourth-order valence-electron chi connectivity index (χ4n) is 1.90. The van der Waals surface area contributed by atoms with E-state index in [0.29, 0.717) is 31.0 Å². The lowest BCUT2D eigenvalue weighted by molar-refractivity contribution is -0.139. The van der Waals surface area contributed by atoms with Crippen LogP contribution in [-0.2, 0) is 11.3 Å². The number of nitrogens with one attached hydrogen (secondary N) is 1. The van der Waals surface area contributed by atoms with Crippen LogP contribution in [0.4, 0.5) is 10.5 Å². The lowest BCUT2D eigenvalue weighted by Gasteiger charge is -2.24. The van der Waals surface area contributed by atoms with Crippen molar-refractivity contribution in [1.29, 1.82) is 0 Å². The predicted octanol–water partition coefficient (Wildman–Crippen LogP) is 2.01. The largest absolute Gasteiger partial charge is 0.480 e. The number of carboxylic acid groups (broad SMARTS) is 1. The average molecular weight is 325 g/mol. The van der Waals surface area contributed by atoms with E-state index in [0.717, 1.165) is 5.56 Å². The van der Waals surface area contributed by atoms with Gasteiger partial charge in [-0.2, -0.15) is 11.8 Å². The molecule has 0 aliphatic heterocycles. The number of carbonyl (C=O) groups excluding carboxylic acids is 1. The molecule has 0 heterocycles. The highest BCUT2D eigenvalue weighted by molar-refractivity contribution is 7.98. The van der Waals surface area contributed by atoms with Crippen LogP contribution >= 0.6 is 11.8 Å². The fourth-order valence-corrected chi connectivity index (χ4v) is 2.38. The Kier molecular flexibility index (Phi) is 7.59. The van der Waals surface area contributed by atoms with Crippen LogP contribution in [-0.4, -0.2) is 46.6 Å². The minimum Gasteiger partial charge on any atom is -0.480 e. The number of hydrogen-bond acceptors (Lipinski definition) is 4. The molecule has 0 spiro atoms. The van der Waals surface area contributed by atoms with Gasteiger partial charge < -0.3 is 21.1 Å². The first kappa shape index (κ1) is 18.2. The van der Waals surface area contributed by atoms with Crippen molar-refractivity contribution in [1.82, 2.24) is 10.2 Å². The second-order valence-electron chi connectivity index (χ2n) is 4.88. The first-order valence-electron chi connectivity index (χ1n) is 7.09. The van der Waals surface area contributed by atoms with Crippen molar-refractivity contribution in [2.75, 3.05) is 24.3 Å². The van der Waals surface area contributed by atoms with Crippen LogP contribution in [0.3, 0.4) is 0 Å². The summed E-state index contributed by atoms with van der Waals surface area (Å²) in [6.07, 6.45) is 2.31. The Morgan fingerprint density at radius 1 is 1.36 bits per heavy atom. The van der Waals surface area contributed by atoms with Gasteiger partial charge in [0.1, 0.15) is 6.04 Å².